The van der Waals surface area contributed by atoms with Crippen LogP contribution in [0.4, 0.5) is 5.82 Å². The van der Waals surface area contributed by atoms with Crippen molar-refractivity contribution in [1.82, 2.24) is 25.3 Å². The van der Waals surface area contributed by atoms with E-state index in [4.69, 9.17) is 5.11 Å². The molecule has 2 aromatic heterocycles. The van der Waals surface area contributed by atoms with Gasteiger partial charge < -0.3 is 10.4 Å². The second-order valence-electron chi connectivity index (χ2n) is 3.72. The maximum atomic E-state index is 10.4. The summed E-state index contributed by atoms with van der Waals surface area (Å²) in [4.78, 5) is 10.4. The van der Waals surface area contributed by atoms with Gasteiger partial charge in [-0.3, -0.25) is 4.79 Å². The Balaban J connectivity index is 1.99. The third-order valence-electron chi connectivity index (χ3n) is 2.26. The Morgan fingerprint density at radius 1 is 1.59 bits per heavy atom. The summed E-state index contributed by atoms with van der Waals surface area (Å²) in [6.07, 6.45) is 0.659. The van der Waals surface area contributed by atoms with Crippen molar-refractivity contribution in [2.24, 2.45) is 0 Å². The van der Waals surface area contributed by atoms with Gasteiger partial charge in [-0.05, 0) is 35.9 Å². The Morgan fingerprint density at radius 2 is 2.41 bits per heavy atom. The van der Waals surface area contributed by atoms with E-state index in [0.717, 1.165) is 0 Å². The fraction of sp³-hybridized carbons (Fsp3) is 0.444. The first-order chi connectivity index (χ1) is 8.15. The van der Waals surface area contributed by atoms with Gasteiger partial charge >= 0.3 is 5.97 Å². The maximum Gasteiger partial charge on any atom is 0.303 e. The second-order valence-corrected chi connectivity index (χ2v) is 3.72. The lowest BCUT2D eigenvalue weighted by Gasteiger charge is -2.12. The van der Waals surface area contributed by atoms with Crippen molar-refractivity contribution >= 4 is 17.4 Å². The standard InChI is InChI=1S/C9H12N6O2/c1-6(2-5-9(16)17)10-7-3-4-8-11-13-14-15(8)12-7/h3-4,6H,2,5H2,1H3,(H,10,12)(H,16,17). The SMILES string of the molecule is CC(CCC(=O)O)Nc1ccc2nnnn2n1. The number of carboxylic acids is 1. The molecule has 0 aromatic carbocycles. The number of hydrogen-bond acceptors (Lipinski definition) is 6. The third kappa shape index (κ3) is 2.86. The van der Waals surface area contributed by atoms with Gasteiger partial charge in [0.05, 0.1) is 0 Å². The average molecular weight is 236 g/mol. The monoisotopic (exact) mass is 236 g/mol. The van der Waals surface area contributed by atoms with E-state index in [1.807, 2.05) is 6.92 Å². The molecular weight excluding hydrogens is 224 g/mol. The summed E-state index contributed by atoms with van der Waals surface area (Å²) in [5.41, 5.74) is 0.564. The van der Waals surface area contributed by atoms with E-state index >= 15 is 0 Å². The molecule has 0 amide bonds. The first kappa shape index (κ1) is 11.2. The summed E-state index contributed by atoms with van der Waals surface area (Å²) >= 11 is 0. The Kier molecular flexibility index (Phi) is 3.12. The number of hydrogen-bond donors (Lipinski definition) is 2. The van der Waals surface area contributed by atoms with Gasteiger partial charge in [0.1, 0.15) is 5.82 Å². The van der Waals surface area contributed by atoms with Gasteiger partial charge in [-0.1, -0.05) is 0 Å². The largest absolute Gasteiger partial charge is 0.481 e. The molecule has 1 atom stereocenters. The highest BCUT2D eigenvalue weighted by molar-refractivity contribution is 5.66. The van der Waals surface area contributed by atoms with Crippen molar-refractivity contribution in [3.8, 4) is 0 Å². The predicted molar refractivity (Wildman–Crippen MR) is 58.5 cm³/mol. The molecule has 0 aliphatic carbocycles. The van der Waals surface area contributed by atoms with Gasteiger partial charge in [0.25, 0.3) is 0 Å². The summed E-state index contributed by atoms with van der Waals surface area (Å²) in [7, 11) is 0. The van der Waals surface area contributed by atoms with Crippen LogP contribution in [-0.4, -0.2) is 42.4 Å². The molecule has 2 heterocycles. The Bertz CT molecular complexity index is 525. The molecule has 2 rings (SSSR count). The minimum absolute atomic E-state index is 0.0209. The van der Waals surface area contributed by atoms with E-state index in [9.17, 15) is 4.79 Å². The first-order valence-electron chi connectivity index (χ1n) is 5.19. The fourth-order valence-electron chi connectivity index (χ4n) is 1.39. The second kappa shape index (κ2) is 4.73. The molecule has 0 bridgehead atoms. The molecule has 1 unspecified atom stereocenters. The number of aliphatic carboxylic acids is 1. The molecule has 0 aliphatic rings. The van der Waals surface area contributed by atoms with Crippen molar-refractivity contribution in [3.05, 3.63) is 12.1 Å². The minimum Gasteiger partial charge on any atom is -0.481 e. The van der Waals surface area contributed by atoms with E-state index in [1.165, 1.54) is 4.63 Å². The molecule has 0 aliphatic heterocycles. The fourth-order valence-corrected chi connectivity index (χ4v) is 1.39. The van der Waals surface area contributed by atoms with Gasteiger partial charge in [-0.25, -0.2) is 0 Å². The lowest BCUT2D eigenvalue weighted by molar-refractivity contribution is -0.137. The van der Waals surface area contributed by atoms with Crippen molar-refractivity contribution in [1.29, 1.82) is 0 Å². The van der Waals surface area contributed by atoms with Crippen LogP contribution in [-0.2, 0) is 4.79 Å². The molecular formula is C9H12N6O2. The number of rotatable bonds is 5. The van der Waals surface area contributed by atoms with Crippen LogP contribution in [0.2, 0.25) is 0 Å². The Morgan fingerprint density at radius 3 is 3.18 bits per heavy atom. The summed E-state index contributed by atoms with van der Waals surface area (Å²) in [5.74, 6) is -0.190. The molecule has 17 heavy (non-hydrogen) atoms. The van der Waals surface area contributed by atoms with Crippen molar-refractivity contribution < 1.29 is 9.90 Å². The highest BCUT2D eigenvalue weighted by atomic mass is 16.4. The van der Waals surface area contributed by atoms with Gasteiger partial charge in [-0.2, -0.15) is 0 Å². The highest BCUT2D eigenvalue weighted by Gasteiger charge is 2.07. The number of nitrogens with zero attached hydrogens (tertiary/aromatic N) is 5. The summed E-state index contributed by atoms with van der Waals surface area (Å²) in [5, 5.41) is 26.7. The van der Waals surface area contributed by atoms with Crippen molar-refractivity contribution in [3.63, 3.8) is 0 Å². The maximum absolute atomic E-state index is 10.4. The van der Waals surface area contributed by atoms with Crippen LogP contribution in [0, 0.1) is 0 Å². The number of aromatic nitrogens is 5. The van der Waals surface area contributed by atoms with E-state index < -0.39 is 5.97 Å². The summed E-state index contributed by atoms with van der Waals surface area (Å²) in [6, 6.07) is 3.51. The zero-order valence-electron chi connectivity index (χ0n) is 9.24. The first-order valence-corrected chi connectivity index (χ1v) is 5.19. The molecule has 8 heteroatoms. The third-order valence-corrected chi connectivity index (χ3v) is 2.26. The van der Waals surface area contributed by atoms with Crippen LogP contribution >= 0.6 is 0 Å². The van der Waals surface area contributed by atoms with Crippen LogP contribution in [0.15, 0.2) is 12.1 Å². The molecule has 8 nitrogen and oxygen atoms in total. The molecule has 2 aromatic rings. The topological polar surface area (TPSA) is 105 Å². The average Bonchev–Trinajstić information content (AvgIpc) is 2.73. The minimum atomic E-state index is -0.803. The number of carbonyl (C=O) groups is 1. The number of tetrazole rings is 1. The molecule has 2 N–H and O–H groups in total. The smallest absolute Gasteiger partial charge is 0.303 e. The van der Waals surface area contributed by atoms with Gasteiger partial charge in [0, 0.05) is 12.5 Å². The molecule has 0 saturated heterocycles. The van der Waals surface area contributed by atoms with Crippen LogP contribution in [0.1, 0.15) is 19.8 Å². The van der Waals surface area contributed by atoms with E-state index in [1.54, 1.807) is 12.1 Å². The Labute approximate surface area is 96.6 Å². The van der Waals surface area contributed by atoms with Crippen LogP contribution < -0.4 is 5.32 Å². The zero-order valence-corrected chi connectivity index (χ0v) is 9.24. The molecule has 0 radical (unpaired) electrons. The van der Waals surface area contributed by atoms with Crippen LogP contribution in [0.5, 0.6) is 0 Å². The highest BCUT2D eigenvalue weighted by Crippen LogP contribution is 2.07. The number of anilines is 1. The van der Waals surface area contributed by atoms with Crippen LogP contribution in [0.3, 0.4) is 0 Å². The molecule has 0 saturated carbocycles. The summed E-state index contributed by atoms with van der Waals surface area (Å²) in [6.45, 7) is 1.90. The van der Waals surface area contributed by atoms with E-state index in [-0.39, 0.29) is 12.5 Å². The lowest BCUT2D eigenvalue weighted by Crippen LogP contribution is -2.18. The quantitative estimate of drug-likeness (QED) is 0.762. The number of fused-ring (bicyclic) bond motifs is 1. The zero-order chi connectivity index (χ0) is 12.3. The number of nitrogens with one attached hydrogen (secondary N) is 1. The molecule has 90 valence electrons. The Hall–Kier alpha value is -2.25. The van der Waals surface area contributed by atoms with Gasteiger partial charge in [0.15, 0.2) is 5.65 Å². The van der Waals surface area contributed by atoms with E-state index in [0.29, 0.717) is 17.9 Å². The number of carboxylic acid groups (broad SMARTS) is 1. The van der Waals surface area contributed by atoms with Crippen molar-refractivity contribution in [2.45, 2.75) is 25.8 Å². The normalized spacial score (nSPS) is 12.5. The van der Waals surface area contributed by atoms with Crippen molar-refractivity contribution in [2.75, 3.05) is 5.32 Å². The molecule has 0 spiro atoms. The van der Waals surface area contributed by atoms with Gasteiger partial charge in [-0.15, -0.1) is 14.8 Å². The lowest BCUT2D eigenvalue weighted by atomic mass is 10.2. The summed E-state index contributed by atoms with van der Waals surface area (Å²) < 4.78 is 1.31. The van der Waals surface area contributed by atoms with Gasteiger partial charge in [0.2, 0.25) is 0 Å². The van der Waals surface area contributed by atoms with E-state index in [2.05, 4.69) is 25.9 Å². The van der Waals surface area contributed by atoms with Crippen LogP contribution in [0.25, 0.3) is 5.65 Å². The predicted octanol–water partition coefficient (Wildman–Crippen LogP) is 0.184. The molecule has 0 fully saturated rings.